The number of thioether (sulfide) groups is 1. The second kappa shape index (κ2) is 8.80. The van der Waals surface area contributed by atoms with Crippen molar-refractivity contribution in [1.29, 1.82) is 0 Å². The van der Waals surface area contributed by atoms with Crippen LogP contribution < -0.4 is 5.32 Å². The molecule has 0 radical (unpaired) electrons. The highest BCUT2D eigenvalue weighted by molar-refractivity contribution is 8.00. The van der Waals surface area contributed by atoms with E-state index in [0.717, 1.165) is 29.5 Å². The maximum atomic E-state index is 13.7. The Balaban J connectivity index is 1.91. The van der Waals surface area contributed by atoms with E-state index in [1.54, 1.807) is 19.1 Å². The third-order valence-electron chi connectivity index (χ3n) is 3.64. The largest absolute Gasteiger partial charge is 0.335 e. The fourth-order valence-electron chi connectivity index (χ4n) is 2.25. The van der Waals surface area contributed by atoms with Gasteiger partial charge < -0.3 is 10.2 Å². The number of nitrogens with zero attached hydrogens (tertiary/aromatic N) is 1. The number of likely N-dealkylation sites (N-methyl/N-ethyl adjacent to an activating group) is 1. The van der Waals surface area contributed by atoms with Crippen molar-refractivity contribution in [2.45, 2.75) is 24.0 Å². The van der Waals surface area contributed by atoms with Crippen LogP contribution in [0.15, 0.2) is 47.4 Å². The summed E-state index contributed by atoms with van der Waals surface area (Å²) in [5.41, 5.74) is 1.73. The summed E-state index contributed by atoms with van der Waals surface area (Å²) in [6.07, 6.45) is 0. The number of hydrogen-bond donors (Lipinski definition) is 1. The standard InChI is InChI=1S/C19H20F2N2O2S/c1-12-4-7-15(8-5-12)22-18(24)11-23(3)19(25)13(2)26-17-9-6-14(20)10-16(17)21/h4-10,13H,11H2,1-3H3,(H,22,24)/t13-/m0/s1. The third-order valence-corrected chi connectivity index (χ3v) is 4.78. The molecule has 0 aliphatic carbocycles. The first-order valence-corrected chi connectivity index (χ1v) is 8.87. The Morgan fingerprint density at radius 2 is 1.81 bits per heavy atom. The number of benzene rings is 2. The van der Waals surface area contributed by atoms with Gasteiger partial charge in [0.05, 0.1) is 11.8 Å². The summed E-state index contributed by atoms with van der Waals surface area (Å²) in [6, 6.07) is 10.5. The Bertz CT molecular complexity index is 797. The number of halogens is 2. The summed E-state index contributed by atoms with van der Waals surface area (Å²) in [5.74, 6) is -2.03. The molecule has 0 fully saturated rings. The number of aryl methyl sites for hydroxylation is 1. The summed E-state index contributed by atoms with van der Waals surface area (Å²) in [4.78, 5) is 25.9. The van der Waals surface area contributed by atoms with Crippen LogP contribution in [-0.2, 0) is 9.59 Å². The number of carbonyl (C=O) groups is 2. The number of amides is 2. The van der Waals surface area contributed by atoms with Crippen LogP contribution in [0.3, 0.4) is 0 Å². The van der Waals surface area contributed by atoms with Crippen molar-refractivity contribution in [3.63, 3.8) is 0 Å². The first kappa shape index (κ1) is 19.9. The van der Waals surface area contributed by atoms with Crippen LogP contribution in [0.1, 0.15) is 12.5 Å². The van der Waals surface area contributed by atoms with Crippen molar-refractivity contribution in [2.75, 3.05) is 18.9 Å². The number of hydrogen-bond acceptors (Lipinski definition) is 3. The molecule has 0 saturated heterocycles. The van der Waals surface area contributed by atoms with Crippen LogP contribution in [-0.4, -0.2) is 35.6 Å². The Morgan fingerprint density at radius 3 is 2.42 bits per heavy atom. The number of nitrogens with one attached hydrogen (secondary N) is 1. The second-order valence-electron chi connectivity index (χ2n) is 5.94. The normalized spacial score (nSPS) is 11.7. The summed E-state index contributed by atoms with van der Waals surface area (Å²) < 4.78 is 26.7. The maximum absolute atomic E-state index is 13.7. The highest BCUT2D eigenvalue weighted by atomic mass is 32.2. The van der Waals surface area contributed by atoms with Gasteiger partial charge in [-0.2, -0.15) is 0 Å². The molecule has 1 N–H and O–H groups in total. The minimum absolute atomic E-state index is 0.122. The van der Waals surface area contributed by atoms with Crippen molar-refractivity contribution < 1.29 is 18.4 Å². The van der Waals surface area contributed by atoms with Gasteiger partial charge in [0.1, 0.15) is 11.6 Å². The summed E-state index contributed by atoms with van der Waals surface area (Å²) >= 11 is 0.983. The fourth-order valence-corrected chi connectivity index (χ4v) is 3.23. The van der Waals surface area contributed by atoms with Gasteiger partial charge in [-0.25, -0.2) is 8.78 Å². The van der Waals surface area contributed by atoms with Crippen LogP contribution in [0.25, 0.3) is 0 Å². The quantitative estimate of drug-likeness (QED) is 0.777. The van der Waals surface area contributed by atoms with Gasteiger partial charge in [0.25, 0.3) is 0 Å². The molecule has 2 aromatic carbocycles. The highest BCUT2D eigenvalue weighted by Crippen LogP contribution is 2.27. The molecule has 0 aliphatic rings. The van der Waals surface area contributed by atoms with E-state index in [2.05, 4.69) is 5.32 Å². The number of carbonyl (C=O) groups excluding carboxylic acids is 2. The van der Waals surface area contributed by atoms with Crippen molar-refractivity contribution >= 4 is 29.3 Å². The smallest absolute Gasteiger partial charge is 0.243 e. The van der Waals surface area contributed by atoms with Crippen LogP contribution in [0, 0.1) is 18.6 Å². The number of anilines is 1. The fraction of sp³-hybridized carbons (Fsp3) is 0.263. The molecule has 0 bridgehead atoms. The highest BCUT2D eigenvalue weighted by Gasteiger charge is 2.22. The SMILES string of the molecule is Cc1ccc(NC(=O)CN(C)C(=O)[C@H](C)Sc2ccc(F)cc2F)cc1. The van der Waals surface area contributed by atoms with Gasteiger partial charge in [0.2, 0.25) is 11.8 Å². The molecule has 138 valence electrons. The lowest BCUT2D eigenvalue weighted by Gasteiger charge is -2.21. The topological polar surface area (TPSA) is 49.4 Å². The first-order chi connectivity index (χ1) is 12.3. The molecule has 0 saturated carbocycles. The van der Waals surface area contributed by atoms with E-state index in [4.69, 9.17) is 0 Å². The Hall–Kier alpha value is -2.41. The van der Waals surface area contributed by atoms with Crippen LogP contribution >= 0.6 is 11.8 Å². The van der Waals surface area contributed by atoms with Crippen molar-refractivity contribution in [3.8, 4) is 0 Å². The van der Waals surface area contributed by atoms with E-state index >= 15 is 0 Å². The second-order valence-corrected chi connectivity index (χ2v) is 7.33. The minimum Gasteiger partial charge on any atom is -0.335 e. The van der Waals surface area contributed by atoms with Crippen molar-refractivity contribution in [2.24, 2.45) is 0 Å². The molecule has 2 aromatic rings. The average molecular weight is 378 g/mol. The molecule has 4 nitrogen and oxygen atoms in total. The monoisotopic (exact) mass is 378 g/mol. The lowest BCUT2D eigenvalue weighted by molar-refractivity contribution is -0.132. The zero-order valence-electron chi connectivity index (χ0n) is 14.8. The molecule has 0 unspecified atom stereocenters. The van der Waals surface area contributed by atoms with E-state index in [1.807, 2.05) is 19.1 Å². The van der Waals surface area contributed by atoms with Crippen LogP contribution in [0.4, 0.5) is 14.5 Å². The van der Waals surface area contributed by atoms with E-state index in [0.29, 0.717) is 5.69 Å². The zero-order chi connectivity index (χ0) is 19.3. The van der Waals surface area contributed by atoms with E-state index < -0.39 is 16.9 Å². The molecular formula is C19H20F2N2O2S. The third kappa shape index (κ3) is 5.56. The zero-order valence-corrected chi connectivity index (χ0v) is 15.6. The van der Waals surface area contributed by atoms with Gasteiger partial charge in [-0.3, -0.25) is 9.59 Å². The molecule has 0 aromatic heterocycles. The van der Waals surface area contributed by atoms with Crippen LogP contribution in [0.2, 0.25) is 0 Å². The van der Waals surface area contributed by atoms with Gasteiger partial charge in [-0.1, -0.05) is 17.7 Å². The molecule has 7 heteroatoms. The van der Waals surface area contributed by atoms with Crippen molar-refractivity contribution in [3.05, 3.63) is 59.7 Å². The molecule has 0 heterocycles. The predicted octanol–water partition coefficient (Wildman–Crippen LogP) is 3.85. The van der Waals surface area contributed by atoms with Gasteiger partial charge in [0, 0.05) is 23.7 Å². The van der Waals surface area contributed by atoms with E-state index in [1.165, 1.54) is 18.0 Å². The summed E-state index contributed by atoms with van der Waals surface area (Å²) in [5, 5.41) is 2.10. The molecule has 2 amide bonds. The van der Waals surface area contributed by atoms with E-state index in [-0.39, 0.29) is 23.3 Å². The van der Waals surface area contributed by atoms with E-state index in [9.17, 15) is 18.4 Å². The lowest BCUT2D eigenvalue weighted by Crippen LogP contribution is -2.38. The molecule has 26 heavy (non-hydrogen) atoms. The lowest BCUT2D eigenvalue weighted by atomic mass is 10.2. The van der Waals surface area contributed by atoms with Gasteiger partial charge in [-0.05, 0) is 38.1 Å². The Morgan fingerprint density at radius 1 is 1.15 bits per heavy atom. The van der Waals surface area contributed by atoms with Gasteiger partial charge in [0.15, 0.2) is 0 Å². The predicted molar refractivity (Wildman–Crippen MR) is 99.1 cm³/mol. The average Bonchev–Trinajstić information content (AvgIpc) is 2.58. The molecule has 2 rings (SSSR count). The molecule has 0 spiro atoms. The minimum atomic E-state index is -0.714. The Labute approximate surface area is 155 Å². The van der Waals surface area contributed by atoms with Gasteiger partial charge in [-0.15, -0.1) is 11.8 Å². The number of rotatable bonds is 6. The summed E-state index contributed by atoms with van der Waals surface area (Å²) in [7, 11) is 1.51. The van der Waals surface area contributed by atoms with Crippen LogP contribution in [0.5, 0.6) is 0 Å². The maximum Gasteiger partial charge on any atom is 0.243 e. The first-order valence-electron chi connectivity index (χ1n) is 7.99. The summed E-state index contributed by atoms with van der Waals surface area (Å²) in [6.45, 7) is 3.44. The molecule has 1 atom stereocenters. The van der Waals surface area contributed by atoms with Gasteiger partial charge >= 0.3 is 0 Å². The molecular weight excluding hydrogens is 358 g/mol. The molecule has 0 aliphatic heterocycles. The van der Waals surface area contributed by atoms with Crippen molar-refractivity contribution in [1.82, 2.24) is 4.90 Å². The Kier molecular flexibility index (Phi) is 6.74.